The molecule has 0 aliphatic rings. The van der Waals surface area contributed by atoms with Gasteiger partial charge in [-0.25, -0.2) is 0 Å². The minimum Gasteiger partial charge on any atom is -0.305 e. The SMILES string of the molecule is CCOP(=O)(OCC)c1ccc(-c2cc(C)ccn2)cc1. The average molecular weight is 305 g/mol. The second-order valence-electron chi connectivity index (χ2n) is 4.60. The molecule has 0 radical (unpaired) electrons. The maximum atomic E-state index is 12.7. The van der Waals surface area contributed by atoms with E-state index >= 15 is 0 Å². The molecule has 0 atom stereocenters. The van der Waals surface area contributed by atoms with Crippen LogP contribution >= 0.6 is 7.60 Å². The van der Waals surface area contributed by atoms with Crippen molar-refractivity contribution in [2.24, 2.45) is 0 Å². The number of hydrogen-bond acceptors (Lipinski definition) is 4. The number of aryl methyl sites for hydroxylation is 1. The van der Waals surface area contributed by atoms with E-state index in [1.807, 2.05) is 31.2 Å². The van der Waals surface area contributed by atoms with Crippen molar-refractivity contribution in [3.8, 4) is 11.3 Å². The molecule has 2 rings (SSSR count). The summed E-state index contributed by atoms with van der Waals surface area (Å²) in [6.07, 6.45) is 1.78. The molecular weight excluding hydrogens is 285 g/mol. The van der Waals surface area contributed by atoms with Crippen LogP contribution in [-0.2, 0) is 13.6 Å². The fraction of sp³-hybridized carbons (Fsp3) is 0.312. The Kier molecular flexibility index (Phi) is 5.29. The molecule has 1 heterocycles. The number of pyridine rings is 1. The zero-order chi connectivity index (χ0) is 15.3. The van der Waals surface area contributed by atoms with Gasteiger partial charge in [-0.05, 0) is 50.6 Å². The van der Waals surface area contributed by atoms with Gasteiger partial charge in [0.25, 0.3) is 0 Å². The van der Waals surface area contributed by atoms with Gasteiger partial charge >= 0.3 is 7.60 Å². The first-order valence-corrected chi connectivity index (χ1v) is 8.56. The Labute approximate surface area is 125 Å². The molecule has 0 unspecified atom stereocenters. The van der Waals surface area contributed by atoms with Crippen LogP contribution in [-0.4, -0.2) is 18.2 Å². The van der Waals surface area contributed by atoms with Crippen LogP contribution in [0.1, 0.15) is 19.4 Å². The van der Waals surface area contributed by atoms with Crippen LogP contribution in [0.4, 0.5) is 0 Å². The van der Waals surface area contributed by atoms with E-state index < -0.39 is 7.60 Å². The number of rotatable bonds is 6. The van der Waals surface area contributed by atoms with Crippen LogP contribution in [0.2, 0.25) is 0 Å². The molecule has 0 aliphatic heterocycles. The zero-order valence-electron chi connectivity index (χ0n) is 12.6. The summed E-state index contributed by atoms with van der Waals surface area (Å²) in [6.45, 7) is 6.32. The molecule has 0 saturated carbocycles. The summed E-state index contributed by atoms with van der Waals surface area (Å²) in [6, 6.07) is 11.3. The summed E-state index contributed by atoms with van der Waals surface area (Å²) in [5, 5.41) is 0.572. The van der Waals surface area contributed by atoms with Crippen LogP contribution < -0.4 is 5.30 Å². The molecule has 0 amide bonds. The van der Waals surface area contributed by atoms with Crippen LogP contribution in [0.15, 0.2) is 42.6 Å². The van der Waals surface area contributed by atoms with Crippen molar-refractivity contribution in [3.05, 3.63) is 48.2 Å². The zero-order valence-corrected chi connectivity index (χ0v) is 13.5. The Morgan fingerprint density at radius 2 is 1.67 bits per heavy atom. The fourth-order valence-electron chi connectivity index (χ4n) is 2.04. The highest BCUT2D eigenvalue weighted by atomic mass is 31.2. The van der Waals surface area contributed by atoms with Crippen LogP contribution in [0.3, 0.4) is 0 Å². The first-order valence-electron chi connectivity index (χ1n) is 7.02. The van der Waals surface area contributed by atoms with Gasteiger partial charge < -0.3 is 9.05 Å². The van der Waals surface area contributed by atoms with Gasteiger partial charge in [0.1, 0.15) is 0 Å². The van der Waals surface area contributed by atoms with Crippen molar-refractivity contribution in [2.45, 2.75) is 20.8 Å². The third-order valence-electron chi connectivity index (χ3n) is 2.99. The van der Waals surface area contributed by atoms with E-state index in [9.17, 15) is 4.57 Å². The Morgan fingerprint density at radius 3 is 2.19 bits per heavy atom. The molecule has 0 fully saturated rings. The molecule has 0 spiro atoms. The third-order valence-corrected chi connectivity index (χ3v) is 5.12. The van der Waals surface area contributed by atoms with Gasteiger partial charge in [0.05, 0.1) is 24.2 Å². The van der Waals surface area contributed by atoms with Gasteiger partial charge in [0.15, 0.2) is 0 Å². The monoisotopic (exact) mass is 305 g/mol. The summed E-state index contributed by atoms with van der Waals surface area (Å²) in [5.41, 5.74) is 3.02. The Hall–Kier alpha value is -1.48. The molecule has 112 valence electrons. The Balaban J connectivity index is 2.31. The highest BCUT2D eigenvalue weighted by molar-refractivity contribution is 7.62. The van der Waals surface area contributed by atoms with Crippen molar-refractivity contribution in [3.63, 3.8) is 0 Å². The lowest BCUT2D eigenvalue weighted by Gasteiger charge is -2.17. The van der Waals surface area contributed by atoms with E-state index in [1.165, 1.54) is 0 Å². The molecule has 5 heteroatoms. The van der Waals surface area contributed by atoms with E-state index in [1.54, 1.807) is 32.2 Å². The first-order chi connectivity index (χ1) is 10.1. The van der Waals surface area contributed by atoms with Crippen molar-refractivity contribution in [1.82, 2.24) is 4.98 Å². The van der Waals surface area contributed by atoms with Crippen LogP contribution in [0.25, 0.3) is 11.3 Å². The summed E-state index contributed by atoms with van der Waals surface area (Å²) in [7, 11) is -3.21. The Bertz CT molecular complexity index is 630. The summed E-state index contributed by atoms with van der Waals surface area (Å²) in [4.78, 5) is 4.34. The second-order valence-corrected chi connectivity index (χ2v) is 6.63. The largest absolute Gasteiger partial charge is 0.361 e. The predicted molar refractivity (Wildman–Crippen MR) is 84.9 cm³/mol. The van der Waals surface area contributed by atoms with Crippen molar-refractivity contribution in [2.75, 3.05) is 13.2 Å². The molecule has 0 saturated heterocycles. The maximum absolute atomic E-state index is 12.7. The number of aromatic nitrogens is 1. The number of benzene rings is 1. The topological polar surface area (TPSA) is 48.4 Å². The summed E-state index contributed by atoms with van der Waals surface area (Å²) >= 11 is 0. The number of nitrogens with zero attached hydrogens (tertiary/aromatic N) is 1. The van der Waals surface area contributed by atoms with Crippen LogP contribution in [0, 0.1) is 6.92 Å². The van der Waals surface area contributed by atoms with E-state index in [0.29, 0.717) is 18.5 Å². The van der Waals surface area contributed by atoms with E-state index in [-0.39, 0.29) is 0 Å². The van der Waals surface area contributed by atoms with Crippen molar-refractivity contribution in [1.29, 1.82) is 0 Å². The minimum absolute atomic E-state index is 0.346. The highest BCUT2D eigenvalue weighted by Crippen LogP contribution is 2.46. The van der Waals surface area contributed by atoms with E-state index in [2.05, 4.69) is 4.98 Å². The quantitative estimate of drug-likeness (QED) is 0.758. The minimum atomic E-state index is -3.21. The predicted octanol–water partition coefficient (Wildman–Crippen LogP) is 3.95. The van der Waals surface area contributed by atoms with Gasteiger partial charge in [-0.15, -0.1) is 0 Å². The molecular formula is C16H20NO3P. The molecule has 0 aliphatic carbocycles. The molecule has 0 N–H and O–H groups in total. The summed E-state index contributed by atoms with van der Waals surface area (Å²) < 4.78 is 23.3. The van der Waals surface area contributed by atoms with Crippen molar-refractivity contribution < 1.29 is 13.6 Å². The smallest absolute Gasteiger partial charge is 0.305 e. The average Bonchev–Trinajstić information content (AvgIpc) is 2.48. The number of hydrogen-bond donors (Lipinski definition) is 0. The maximum Gasteiger partial charge on any atom is 0.361 e. The lowest BCUT2D eigenvalue weighted by molar-refractivity contribution is 0.230. The molecule has 1 aromatic heterocycles. The second kappa shape index (κ2) is 6.99. The first kappa shape index (κ1) is 15.9. The molecule has 2 aromatic rings. The normalized spacial score (nSPS) is 11.6. The van der Waals surface area contributed by atoms with E-state index in [0.717, 1.165) is 16.8 Å². The third kappa shape index (κ3) is 3.79. The van der Waals surface area contributed by atoms with E-state index in [4.69, 9.17) is 9.05 Å². The van der Waals surface area contributed by atoms with Crippen LogP contribution in [0.5, 0.6) is 0 Å². The lowest BCUT2D eigenvalue weighted by Crippen LogP contribution is -2.10. The van der Waals surface area contributed by atoms with Gasteiger partial charge in [0, 0.05) is 11.8 Å². The van der Waals surface area contributed by atoms with Gasteiger partial charge in [-0.3, -0.25) is 9.55 Å². The lowest BCUT2D eigenvalue weighted by atomic mass is 10.1. The molecule has 21 heavy (non-hydrogen) atoms. The van der Waals surface area contributed by atoms with Gasteiger partial charge in [-0.2, -0.15) is 0 Å². The molecule has 1 aromatic carbocycles. The Morgan fingerprint density at radius 1 is 1.05 bits per heavy atom. The van der Waals surface area contributed by atoms with Gasteiger partial charge in [-0.1, -0.05) is 12.1 Å². The molecule has 0 bridgehead atoms. The van der Waals surface area contributed by atoms with Gasteiger partial charge in [0.2, 0.25) is 0 Å². The molecule has 4 nitrogen and oxygen atoms in total. The highest BCUT2D eigenvalue weighted by Gasteiger charge is 2.26. The summed E-state index contributed by atoms with van der Waals surface area (Å²) in [5.74, 6) is 0. The fourth-order valence-corrected chi connectivity index (χ4v) is 3.60. The van der Waals surface area contributed by atoms with Crippen molar-refractivity contribution >= 4 is 12.9 Å². The standard InChI is InChI=1S/C16H20NO3P/c1-4-19-21(18,20-5-2)15-8-6-14(7-9-15)16-12-13(3)10-11-17-16/h6-12H,4-5H2,1-3H3.